The van der Waals surface area contributed by atoms with Gasteiger partial charge in [0.25, 0.3) is 0 Å². The molecule has 1 aromatic carbocycles. The van der Waals surface area contributed by atoms with Crippen LogP contribution in [-0.2, 0) is 6.42 Å². The maximum atomic E-state index is 8.84. The van der Waals surface area contributed by atoms with Crippen LogP contribution in [-0.4, -0.2) is 37.1 Å². The van der Waals surface area contributed by atoms with E-state index in [1.165, 1.54) is 25.1 Å². The predicted molar refractivity (Wildman–Crippen MR) is 77.0 cm³/mol. The van der Waals surface area contributed by atoms with Gasteiger partial charge in [-0.05, 0) is 43.1 Å². The Morgan fingerprint density at radius 3 is 3.05 bits per heavy atom. The highest BCUT2D eigenvalue weighted by molar-refractivity contribution is 5.59. The first kappa shape index (κ1) is 12.3. The second kappa shape index (κ2) is 5.10. The molecule has 0 aliphatic carbocycles. The summed E-state index contributed by atoms with van der Waals surface area (Å²) in [6.45, 7) is 4.60. The molecule has 1 unspecified atom stereocenters. The van der Waals surface area contributed by atoms with Gasteiger partial charge >= 0.3 is 0 Å². The third-order valence-electron chi connectivity index (χ3n) is 4.35. The smallest absolute Gasteiger partial charge is 0.0670 e. The van der Waals surface area contributed by atoms with Crippen molar-refractivity contribution in [2.45, 2.75) is 25.3 Å². The number of nitrogens with two attached hydrogens (primary N) is 1. The number of nitrogen functional groups attached to an aromatic ring is 1. The molecule has 19 heavy (non-hydrogen) atoms. The molecule has 0 bridgehead atoms. The van der Waals surface area contributed by atoms with Crippen LogP contribution < -0.4 is 10.6 Å². The monoisotopic (exact) mass is 256 g/mol. The van der Waals surface area contributed by atoms with Gasteiger partial charge in [0, 0.05) is 37.1 Å². The zero-order valence-corrected chi connectivity index (χ0v) is 11.2. The van der Waals surface area contributed by atoms with Crippen LogP contribution >= 0.6 is 0 Å². The molecule has 3 rings (SSSR count). The van der Waals surface area contributed by atoms with Crippen LogP contribution in [0.5, 0.6) is 0 Å². The number of benzene rings is 1. The molecule has 0 saturated carbocycles. The molecule has 0 amide bonds. The van der Waals surface area contributed by atoms with Crippen molar-refractivity contribution in [2.24, 2.45) is 0 Å². The van der Waals surface area contributed by atoms with Gasteiger partial charge in [-0.15, -0.1) is 0 Å². The van der Waals surface area contributed by atoms with Gasteiger partial charge in [0.1, 0.15) is 0 Å². The largest absolute Gasteiger partial charge is 0.398 e. The zero-order valence-electron chi connectivity index (χ0n) is 11.2. The second-order valence-electron chi connectivity index (χ2n) is 5.50. The van der Waals surface area contributed by atoms with E-state index in [2.05, 4.69) is 28.0 Å². The molecule has 2 saturated heterocycles. The molecule has 100 valence electrons. The predicted octanol–water partition coefficient (Wildman–Crippen LogP) is 1.62. The van der Waals surface area contributed by atoms with Crippen molar-refractivity contribution in [3.63, 3.8) is 0 Å². The van der Waals surface area contributed by atoms with Crippen molar-refractivity contribution in [2.75, 3.05) is 36.8 Å². The van der Waals surface area contributed by atoms with Crippen LogP contribution in [0.2, 0.25) is 0 Å². The van der Waals surface area contributed by atoms with Crippen LogP contribution in [0, 0.1) is 11.3 Å². The standard InChI is InChI=1S/C15H20N4/c16-6-5-12-10-13(3-4-15(12)17)19-9-8-18-7-1-2-14(18)11-19/h3-4,10,14H,1-2,5,7-9,11,17H2. The second-order valence-corrected chi connectivity index (χ2v) is 5.50. The van der Waals surface area contributed by atoms with Crippen LogP contribution in [0.25, 0.3) is 0 Å². The molecular formula is C15H20N4. The molecule has 0 aromatic heterocycles. The SMILES string of the molecule is N#CCc1cc(N2CCN3CCCC3C2)ccc1N. The van der Waals surface area contributed by atoms with E-state index in [0.717, 1.165) is 30.9 Å². The summed E-state index contributed by atoms with van der Waals surface area (Å²) in [5.74, 6) is 0. The molecule has 4 heteroatoms. The van der Waals surface area contributed by atoms with Gasteiger partial charge in [0.2, 0.25) is 0 Å². The lowest BCUT2D eigenvalue weighted by molar-refractivity contribution is 0.231. The van der Waals surface area contributed by atoms with Gasteiger partial charge in [0.05, 0.1) is 12.5 Å². The van der Waals surface area contributed by atoms with Gasteiger partial charge in [-0.25, -0.2) is 0 Å². The molecule has 0 radical (unpaired) electrons. The Balaban J connectivity index is 1.78. The summed E-state index contributed by atoms with van der Waals surface area (Å²) in [4.78, 5) is 5.04. The molecule has 1 atom stereocenters. The molecule has 2 N–H and O–H groups in total. The minimum absolute atomic E-state index is 0.392. The minimum Gasteiger partial charge on any atom is -0.398 e. The number of rotatable bonds is 2. The highest BCUT2D eigenvalue weighted by Gasteiger charge is 2.30. The minimum atomic E-state index is 0.392. The first-order chi connectivity index (χ1) is 9.28. The van der Waals surface area contributed by atoms with Crippen molar-refractivity contribution in [1.29, 1.82) is 5.26 Å². The van der Waals surface area contributed by atoms with Crippen LogP contribution in [0.15, 0.2) is 18.2 Å². The summed E-state index contributed by atoms with van der Waals surface area (Å²) in [5, 5.41) is 8.84. The third kappa shape index (κ3) is 2.39. The third-order valence-corrected chi connectivity index (χ3v) is 4.35. The maximum absolute atomic E-state index is 8.84. The fraction of sp³-hybridized carbons (Fsp3) is 0.533. The number of fused-ring (bicyclic) bond motifs is 1. The van der Waals surface area contributed by atoms with Gasteiger partial charge in [0.15, 0.2) is 0 Å². The summed E-state index contributed by atoms with van der Waals surface area (Å²) in [6.07, 6.45) is 3.04. The van der Waals surface area contributed by atoms with E-state index in [1.807, 2.05) is 6.07 Å². The Morgan fingerprint density at radius 2 is 2.21 bits per heavy atom. The van der Waals surface area contributed by atoms with E-state index in [-0.39, 0.29) is 0 Å². The average molecular weight is 256 g/mol. The summed E-state index contributed by atoms with van der Waals surface area (Å²) in [5.41, 5.74) is 8.81. The van der Waals surface area contributed by atoms with Gasteiger partial charge < -0.3 is 10.6 Å². The fourth-order valence-electron chi connectivity index (χ4n) is 3.25. The van der Waals surface area contributed by atoms with Crippen LogP contribution in [0.4, 0.5) is 11.4 Å². The molecule has 2 aliphatic rings. The van der Waals surface area contributed by atoms with Crippen LogP contribution in [0.1, 0.15) is 18.4 Å². The quantitative estimate of drug-likeness (QED) is 0.817. The fourth-order valence-corrected chi connectivity index (χ4v) is 3.25. The van der Waals surface area contributed by atoms with Crippen LogP contribution in [0.3, 0.4) is 0 Å². The average Bonchev–Trinajstić information content (AvgIpc) is 2.89. The normalized spacial score (nSPS) is 23.1. The van der Waals surface area contributed by atoms with Gasteiger partial charge in [-0.1, -0.05) is 0 Å². The van der Waals surface area contributed by atoms with E-state index in [1.54, 1.807) is 0 Å². The van der Waals surface area contributed by atoms with E-state index in [4.69, 9.17) is 11.0 Å². The topological polar surface area (TPSA) is 56.3 Å². The number of hydrogen-bond acceptors (Lipinski definition) is 4. The molecular weight excluding hydrogens is 236 g/mol. The van der Waals surface area contributed by atoms with Crippen molar-refractivity contribution in [3.8, 4) is 6.07 Å². The molecule has 4 nitrogen and oxygen atoms in total. The Bertz CT molecular complexity index is 505. The number of piperazine rings is 1. The van der Waals surface area contributed by atoms with Crippen molar-refractivity contribution in [1.82, 2.24) is 4.90 Å². The number of nitriles is 1. The first-order valence-electron chi connectivity index (χ1n) is 7.02. The summed E-state index contributed by atoms with van der Waals surface area (Å²) >= 11 is 0. The maximum Gasteiger partial charge on any atom is 0.0670 e. The summed E-state index contributed by atoms with van der Waals surface area (Å²) < 4.78 is 0. The lowest BCUT2D eigenvalue weighted by Crippen LogP contribution is -2.50. The van der Waals surface area contributed by atoms with Gasteiger partial charge in [-0.2, -0.15) is 5.26 Å². The molecule has 2 heterocycles. The Morgan fingerprint density at radius 1 is 1.32 bits per heavy atom. The first-order valence-corrected chi connectivity index (χ1v) is 7.02. The molecule has 1 aromatic rings. The lowest BCUT2D eigenvalue weighted by Gasteiger charge is -2.39. The summed E-state index contributed by atoms with van der Waals surface area (Å²) in [6, 6.07) is 9.00. The Kier molecular flexibility index (Phi) is 3.31. The zero-order chi connectivity index (χ0) is 13.2. The Labute approximate surface area is 114 Å². The highest BCUT2D eigenvalue weighted by Crippen LogP contribution is 2.27. The van der Waals surface area contributed by atoms with Crippen molar-refractivity contribution in [3.05, 3.63) is 23.8 Å². The van der Waals surface area contributed by atoms with Gasteiger partial charge in [-0.3, -0.25) is 4.90 Å². The number of hydrogen-bond donors (Lipinski definition) is 1. The van der Waals surface area contributed by atoms with E-state index in [9.17, 15) is 0 Å². The van der Waals surface area contributed by atoms with Crippen molar-refractivity contribution < 1.29 is 0 Å². The number of anilines is 2. The highest BCUT2D eigenvalue weighted by atomic mass is 15.3. The van der Waals surface area contributed by atoms with E-state index < -0.39 is 0 Å². The van der Waals surface area contributed by atoms with E-state index >= 15 is 0 Å². The Hall–Kier alpha value is -1.73. The number of nitrogens with zero attached hydrogens (tertiary/aromatic N) is 3. The molecule has 2 fully saturated rings. The van der Waals surface area contributed by atoms with E-state index in [0.29, 0.717) is 12.5 Å². The lowest BCUT2D eigenvalue weighted by atomic mass is 10.1. The summed E-state index contributed by atoms with van der Waals surface area (Å²) in [7, 11) is 0. The molecule has 2 aliphatic heterocycles. The molecule has 0 spiro atoms. The van der Waals surface area contributed by atoms with Crippen molar-refractivity contribution >= 4 is 11.4 Å².